The standard InChI is InChI=1S/C17H16N2OS/c1-2-6-14(7-3-1)17-12-16(20-19-17)13-21-11-9-15-8-4-5-10-18-15/h1-8,10,12H,9,11,13H2. The van der Waals surface area contributed by atoms with Crippen molar-refractivity contribution in [3.63, 3.8) is 0 Å². The smallest absolute Gasteiger partial charge is 0.147 e. The Kier molecular flexibility index (Phi) is 4.69. The SMILES string of the molecule is c1ccc(-c2cc(CSCCc3ccccn3)on2)cc1. The summed E-state index contributed by atoms with van der Waals surface area (Å²) in [7, 11) is 0. The van der Waals surface area contributed by atoms with E-state index >= 15 is 0 Å². The molecule has 3 aromatic rings. The summed E-state index contributed by atoms with van der Waals surface area (Å²) >= 11 is 1.84. The third kappa shape index (κ3) is 3.95. The van der Waals surface area contributed by atoms with E-state index in [1.54, 1.807) is 0 Å². The second-order valence-electron chi connectivity index (χ2n) is 4.67. The summed E-state index contributed by atoms with van der Waals surface area (Å²) in [4.78, 5) is 4.32. The Morgan fingerprint density at radius 1 is 1.00 bits per heavy atom. The highest BCUT2D eigenvalue weighted by Crippen LogP contribution is 2.21. The molecule has 21 heavy (non-hydrogen) atoms. The van der Waals surface area contributed by atoms with Crippen molar-refractivity contribution in [1.82, 2.24) is 10.1 Å². The van der Waals surface area contributed by atoms with Crippen LogP contribution in [0.15, 0.2) is 65.3 Å². The van der Waals surface area contributed by atoms with Gasteiger partial charge in [0.25, 0.3) is 0 Å². The molecule has 0 aliphatic rings. The summed E-state index contributed by atoms with van der Waals surface area (Å²) in [5.41, 5.74) is 3.12. The molecule has 0 atom stereocenters. The van der Waals surface area contributed by atoms with Crippen LogP contribution in [0, 0.1) is 0 Å². The number of aryl methyl sites for hydroxylation is 1. The van der Waals surface area contributed by atoms with Gasteiger partial charge in [0.2, 0.25) is 0 Å². The summed E-state index contributed by atoms with van der Waals surface area (Å²) < 4.78 is 5.38. The van der Waals surface area contributed by atoms with Crippen LogP contribution in [-0.2, 0) is 12.2 Å². The number of hydrogen-bond donors (Lipinski definition) is 0. The van der Waals surface area contributed by atoms with Gasteiger partial charge in [0, 0.05) is 23.5 Å². The van der Waals surface area contributed by atoms with Gasteiger partial charge in [0.1, 0.15) is 11.5 Å². The average molecular weight is 296 g/mol. The zero-order chi connectivity index (χ0) is 14.3. The van der Waals surface area contributed by atoms with E-state index < -0.39 is 0 Å². The fourth-order valence-corrected chi connectivity index (χ4v) is 2.86. The quantitative estimate of drug-likeness (QED) is 0.639. The summed E-state index contributed by atoms with van der Waals surface area (Å²) in [6.07, 6.45) is 2.81. The molecule has 3 nitrogen and oxygen atoms in total. The largest absolute Gasteiger partial charge is 0.360 e. The molecule has 106 valence electrons. The minimum Gasteiger partial charge on any atom is -0.360 e. The van der Waals surface area contributed by atoms with Gasteiger partial charge >= 0.3 is 0 Å². The van der Waals surface area contributed by atoms with E-state index in [9.17, 15) is 0 Å². The maximum atomic E-state index is 5.38. The van der Waals surface area contributed by atoms with Crippen molar-refractivity contribution in [3.8, 4) is 11.3 Å². The number of rotatable bonds is 6. The molecule has 0 aliphatic heterocycles. The summed E-state index contributed by atoms with van der Waals surface area (Å²) in [5.74, 6) is 2.78. The molecular formula is C17H16N2OS. The maximum absolute atomic E-state index is 5.38. The van der Waals surface area contributed by atoms with Gasteiger partial charge in [-0.2, -0.15) is 11.8 Å². The van der Waals surface area contributed by atoms with Crippen LogP contribution in [-0.4, -0.2) is 15.9 Å². The summed E-state index contributed by atoms with van der Waals surface area (Å²) in [6.45, 7) is 0. The highest BCUT2D eigenvalue weighted by atomic mass is 32.2. The van der Waals surface area contributed by atoms with E-state index in [1.807, 2.05) is 66.5 Å². The number of aromatic nitrogens is 2. The molecule has 0 radical (unpaired) electrons. The van der Waals surface area contributed by atoms with Crippen molar-refractivity contribution >= 4 is 11.8 Å². The van der Waals surface area contributed by atoms with Crippen molar-refractivity contribution < 1.29 is 4.52 Å². The molecule has 0 amide bonds. The maximum Gasteiger partial charge on any atom is 0.147 e. The van der Waals surface area contributed by atoms with Crippen LogP contribution in [0.5, 0.6) is 0 Å². The van der Waals surface area contributed by atoms with Crippen LogP contribution in [0.2, 0.25) is 0 Å². The van der Waals surface area contributed by atoms with Gasteiger partial charge in [0.05, 0.1) is 5.75 Å². The minimum atomic E-state index is 0.840. The van der Waals surface area contributed by atoms with E-state index in [1.165, 1.54) is 0 Å². The molecule has 1 aromatic carbocycles. The van der Waals surface area contributed by atoms with Crippen LogP contribution in [0.25, 0.3) is 11.3 Å². The predicted octanol–water partition coefficient (Wildman–Crippen LogP) is 4.21. The van der Waals surface area contributed by atoms with Gasteiger partial charge in [-0.05, 0) is 24.3 Å². The Labute approximate surface area is 128 Å². The molecule has 3 rings (SSSR count). The van der Waals surface area contributed by atoms with Crippen molar-refractivity contribution in [2.75, 3.05) is 5.75 Å². The monoisotopic (exact) mass is 296 g/mol. The first-order chi connectivity index (χ1) is 10.4. The molecule has 0 unspecified atom stereocenters. The highest BCUT2D eigenvalue weighted by molar-refractivity contribution is 7.98. The average Bonchev–Trinajstić information content (AvgIpc) is 3.02. The topological polar surface area (TPSA) is 38.9 Å². The van der Waals surface area contributed by atoms with Crippen LogP contribution in [0.1, 0.15) is 11.5 Å². The molecule has 0 N–H and O–H groups in total. The Hall–Kier alpha value is -2.07. The number of benzene rings is 1. The zero-order valence-corrected chi connectivity index (χ0v) is 12.4. The van der Waals surface area contributed by atoms with Gasteiger partial charge < -0.3 is 4.52 Å². The van der Waals surface area contributed by atoms with Crippen molar-refractivity contribution in [2.24, 2.45) is 0 Å². The number of thioether (sulfide) groups is 1. The first-order valence-electron chi connectivity index (χ1n) is 6.90. The summed E-state index contributed by atoms with van der Waals surface area (Å²) in [6, 6.07) is 18.1. The Bertz CT molecular complexity index is 668. The van der Waals surface area contributed by atoms with E-state index in [2.05, 4.69) is 16.2 Å². The molecule has 2 aromatic heterocycles. The second-order valence-corrected chi connectivity index (χ2v) is 5.77. The molecule has 0 saturated heterocycles. The fourth-order valence-electron chi connectivity index (χ4n) is 2.02. The van der Waals surface area contributed by atoms with Crippen LogP contribution < -0.4 is 0 Å². The van der Waals surface area contributed by atoms with Gasteiger partial charge in [-0.3, -0.25) is 4.98 Å². The molecule has 2 heterocycles. The molecule has 0 bridgehead atoms. The third-order valence-electron chi connectivity index (χ3n) is 3.10. The van der Waals surface area contributed by atoms with E-state index in [-0.39, 0.29) is 0 Å². The van der Waals surface area contributed by atoms with Crippen molar-refractivity contribution in [2.45, 2.75) is 12.2 Å². The van der Waals surface area contributed by atoms with Crippen LogP contribution in [0.3, 0.4) is 0 Å². The van der Waals surface area contributed by atoms with E-state index in [4.69, 9.17) is 4.52 Å². The van der Waals surface area contributed by atoms with Crippen LogP contribution in [0.4, 0.5) is 0 Å². The lowest BCUT2D eigenvalue weighted by atomic mass is 10.1. The molecule has 0 aliphatic carbocycles. The number of pyridine rings is 1. The normalized spacial score (nSPS) is 10.7. The molecule has 4 heteroatoms. The van der Waals surface area contributed by atoms with E-state index in [0.717, 1.165) is 40.6 Å². The Balaban J connectivity index is 1.49. The van der Waals surface area contributed by atoms with Gasteiger partial charge in [0.15, 0.2) is 0 Å². The number of hydrogen-bond acceptors (Lipinski definition) is 4. The fraction of sp³-hybridized carbons (Fsp3) is 0.176. The lowest BCUT2D eigenvalue weighted by Gasteiger charge is -1.98. The molecular weight excluding hydrogens is 280 g/mol. The first-order valence-corrected chi connectivity index (χ1v) is 8.06. The minimum absolute atomic E-state index is 0.840. The lowest BCUT2D eigenvalue weighted by Crippen LogP contribution is -1.91. The highest BCUT2D eigenvalue weighted by Gasteiger charge is 2.06. The first kappa shape index (κ1) is 13.9. The van der Waals surface area contributed by atoms with Gasteiger partial charge in [-0.25, -0.2) is 0 Å². The number of nitrogens with zero attached hydrogens (tertiary/aromatic N) is 2. The Morgan fingerprint density at radius 2 is 1.86 bits per heavy atom. The second kappa shape index (κ2) is 7.09. The molecule has 0 fully saturated rings. The zero-order valence-electron chi connectivity index (χ0n) is 11.6. The lowest BCUT2D eigenvalue weighted by molar-refractivity contribution is 0.397. The summed E-state index contributed by atoms with van der Waals surface area (Å²) in [5, 5.41) is 4.12. The van der Waals surface area contributed by atoms with Crippen molar-refractivity contribution in [1.29, 1.82) is 0 Å². The predicted molar refractivity (Wildman–Crippen MR) is 86.0 cm³/mol. The van der Waals surface area contributed by atoms with Gasteiger partial charge in [-0.15, -0.1) is 0 Å². The Morgan fingerprint density at radius 3 is 2.67 bits per heavy atom. The third-order valence-corrected chi connectivity index (χ3v) is 4.08. The van der Waals surface area contributed by atoms with Gasteiger partial charge in [-0.1, -0.05) is 41.6 Å². The van der Waals surface area contributed by atoms with Crippen molar-refractivity contribution in [3.05, 3.63) is 72.2 Å². The van der Waals surface area contributed by atoms with Crippen LogP contribution >= 0.6 is 11.8 Å². The molecule has 0 saturated carbocycles. The molecule has 0 spiro atoms. The van der Waals surface area contributed by atoms with E-state index in [0.29, 0.717) is 0 Å².